The molecule has 0 bridgehead atoms. The van der Waals surface area contributed by atoms with Crippen LogP contribution in [0.3, 0.4) is 0 Å². The van der Waals surface area contributed by atoms with Gasteiger partial charge in [0.15, 0.2) is 0 Å². The van der Waals surface area contributed by atoms with Crippen LogP contribution in [0.1, 0.15) is 49.9 Å². The molecule has 1 nitrogen and oxygen atoms in total. The first kappa shape index (κ1) is 27.9. The van der Waals surface area contributed by atoms with Gasteiger partial charge in [-0.1, -0.05) is 143 Å². The lowest BCUT2D eigenvalue weighted by molar-refractivity contribution is 0.660. The summed E-state index contributed by atoms with van der Waals surface area (Å²) in [5.41, 5.74) is 16.7. The molecule has 0 heterocycles. The van der Waals surface area contributed by atoms with Crippen LogP contribution >= 0.6 is 0 Å². The molecule has 0 N–H and O–H groups in total. The highest BCUT2D eigenvalue weighted by Gasteiger charge is 2.41. The van der Waals surface area contributed by atoms with Gasteiger partial charge >= 0.3 is 0 Å². The van der Waals surface area contributed by atoms with Crippen LogP contribution in [0.5, 0.6) is 0 Å². The number of nitrogens with zero attached hydrogens (tertiary/aromatic N) is 1. The van der Waals surface area contributed by atoms with E-state index in [1.54, 1.807) is 0 Å². The third kappa shape index (κ3) is 4.02. The minimum atomic E-state index is -0.186. The minimum absolute atomic E-state index is 0.0853. The Morgan fingerprint density at radius 2 is 1.06 bits per heavy atom. The average molecular weight is 604 g/mol. The van der Waals surface area contributed by atoms with Gasteiger partial charge in [-0.2, -0.15) is 0 Å². The summed E-state index contributed by atoms with van der Waals surface area (Å²) < 4.78 is 0. The molecule has 226 valence electrons. The van der Waals surface area contributed by atoms with E-state index >= 15 is 0 Å². The highest BCUT2D eigenvalue weighted by Crippen LogP contribution is 2.58. The van der Waals surface area contributed by atoms with Gasteiger partial charge in [-0.15, -0.1) is 0 Å². The molecule has 0 aliphatic heterocycles. The van der Waals surface area contributed by atoms with E-state index in [1.165, 1.54) is 77.8 Å². The van der Waals surface area contributed by atoms with Crippen LogP contribution in [0.4, 0.5) is 17.1 Å². The molecule has 1 heteroatoms. The zero-order valence-electron chi connectivity index (χ0n) is 27.4. The van der Waals surface area contributed by atoms with E-state index in [-0.39, 0.29) is 10.8 Å². The van der Waals surface area contributed by atoms with Crippen LogP contribution in [0, 0.1) is 0 Å². The largest absolute Gasteiger partial charge is 0.310 e. The zero-order chi connectivity index (χ0) is 31.9. The molecule has 7 aromatic rings. The van der Waals surface area contributed by atoms with Gasteiger partial charge in [0.2, 0.25) is 0 Å². The van der Waals surface area contributed by atoms with Crippen LogP contribution in [-0.2, 0) is 10.8 Å². The molecule has 0 saturated carbocycles. The zero-order valence-corrected chi connectivity index (χ0v) is 27.4. The maximum atomic E-state index is 2.50. The fourth-order valence-corrected chi connectivity index (χ4v) is 8.49. The molecule has 0 saturated heterocycles. The summed E-state index contributed by atoms with van der Waals surface area (Å²) in [6.45, 7) is 9.55. The summed E-state index contributed by atoms with van der Waals surface area (Å²) in [5, 5.41) is 2.59. The molecule has 2 aliphatic rings. The predicted octanol–water partition coefficient (Wildman–Crippen LogP) is 12.6. The van der Waals surface area contributed by atoms with Gasteiger partial charge < -0.3 is 4.90 Å². The van der Waals surface area contributed by atoms with Crippen molar-refractivity contribution in [3.8, 4) is 33.4 Å². The Labute approximate surface area is 277 Å². The van der Waals surface area contributed by atoms with Crippen molar-refractivity contribution >= 4 is 27.8 Å². The first-order chi connectivity index (χ1) is 22.8. The first-order valence-corrected chi connectivity index (χ1v) is 16.7. The third-order valence-corrected chi connectivity index (χ3v) is 10.8. The lowest BCUT2D eigenvalue weighted by Gasteiger charge is -2.31. The molecule has 0 spiro atoms. The summed E-state index contributed by atoms with van der Waals surface area (Å²) in [5.74, 6) is 0. The molecule has 47 heavy (non-hydrogen) atoms. The monoisotopic (exact) mass is 603 g/mol. The van der Waals surface area contributed by atoms with Gasteiger partial charge in [0.25, 0.3) is 0 Å². The highest BCUT2D eigenvalue weighted by atomic mass is 15.1. The molecule has 0 aromatic heterocycles. The maximum Gasteiger partial charge on any atom is 0.0549 e. The second kappa shape index (κ2) is 10.0. The quantitative estimate of drug-likeness (QED) is 0.193. The van der Waals surface area contributed by atoms with Gasteiger partial charge in [0, 0.05) is 27.8 Å². The standard InChI is InChI=1S/C46H37N/c1-45(2)39-22-14-13-21-36(39)37-26-24-34(29-41(37)45)47(33-18-9-6-10-19-33)42-28-32-17-11-12-20-35(32)44-43(42)38-25-23-31(27-40(38)46(44,3)4)30-15-7-5-8-16-30/h5-29H,1-4H3. The molecular weight excluding hydrogens is 567 g/mol. The van der Waals surface area contributed by atoms with Crippen LogP contribution in [0.15, 0.2) is 152 Å². The molecule has 0 amide bonds. The van der Waals surface area contributed by atoms with E-state index in [4.69, 9.17) is 0 Å². The van der Waals surface area contributed by atoms with E-state index in [2.05, 4.69) is 184 Å². The van der Waals surface area contributed by atoms with Gasteiger partial charge in [-0.25, -0.2) is 0 Å². The number of hydrogen-bond donors (Lipinski definition) is 0. The normalized spacial score (nSPS) is 14.7. The maximum absolute atomic E-state index is 2.50. The number of benzene rings is 7. The molecular formula is C46H37N. The van der Waals surface area contributed by atoms with Crippen molar-refractivity contribution in [1.29, 1.82) is 0 Å². The third-order valence-electron chi connectivity index (χ3n) is 10.8. The van der Waals surface area contributed by atoms with Crippen molar-refractivity contribution < 1.29 is 0 Å². The van der Waals surface area contributed by atoms with Crippen molar-refractivity contribution in [2.45, 2.75) is 38.5 Å². The summed E-state index contributed by atoms with van der Waals surface area (Å²) in [6.07, 6.45) is 0. The van der Waals surface area contributed by atoms with Crippen LogP contribution in [-0.4, -0.2) is 0 Å². The molecule has 0 fully saturated rings. The lowest BCUT2D eigenvalue weighted by atomic mass is 9.79. The Bertz CT molecular complexity index is 2340. The SMILES string of the molecule is CC1(C)c2ccccc2-c2ccc(N(c3ccccc3)c3cc4ccccc4c4c3-c3ccc(-c5ccccc5)cc3C4(C)C)cc21. The predicted molar refractivity (Wildman–Crippen MR) is 199 cm³/mol. The van der Waals surface area contributed by atoms with Gasteiger partial charge in [0.1, 0.15) is 0 Å². The Morgan fingerprint density at radius 3 is 1.87 bits per heavy atom. The number of para-hydroxylation sites is 1. The first-order valence-electron chi connectivity index (χ1n) is 16.7. The number of anilines is 3. The topological polar surface area (TPSA) is 3.24 Å². The second-order valence-corrected chi connectivity index (χ2v) is 14.2. The molecule has 0 atom stereocenters. The van der Waals surface area contributed by atoms with E-state index in [0.717, 1.165) is 5.69 Å². The second-order valence-electron chi connectivity index (χ2n) is 14.2. The van der Waals surface area contributed by atoms with E-state index in [1.807, 2.05) is 0 Å². The average Bonchev–Trinajstić information content (AvgIpc) is 3.49. The van der Waals surface area contributed by atoms with Gasteiger partial charge in [0.05, 0.1) is 5.69 Å². The summed E-state index contributed by atoms with van der Waals surface area (Å²) >= 11 is 0. The van der Waals surface area contributed by atoms with Gasteiger partial charge in [-0.3, -0.25) is 0 Å². The Morgan fingerprint density at radius 1 is 0.426 bits per heavy atom. The van der Waals surface area contributed by atoms with Crippen LogP contribution in [0.25, 0.3) is 44.2 Å². The van der Waals surface area contributed by atoms with E-state index in [0.29, 0.717) is 0 Å². The van der Waals surface area contributed by atoms with Crippen LogP contribution in [0.2, 0.25) is 0 Å². The van der Waals surface area contributed by atoms with E-state index in [9.17, 15) is 0 Å². The summed E-state index contributed by atoms with van der Waals surface area (Å²) in [4.78, 5) is 2.50. The molecule has 7 aromatic carbocycles. The number of hydrogen-bond acceptors (Lipinski definition) is 1. The molecule has 2 aliphatic carbocycles. The van der Waals surface area contributed by atoms with Crippen molar-refractivity contribution in [2.24, 2.45) is 0 Å². The van der Waals surface area contributed by atoms with Crippen molar-refractivity contribution in [3.63, 3.8) is 0 Å². The number of rotatable bonds is 4. The lowest BCUT2D eigenvalue weighted by Crippen LogP contribution is -2.18. The Balaban J connectivity index is 1.33. The summed E-state index contributed by atoms with van der Waals surface area (Å²) in [7, 11) is 0. The number of fused-ring (bicyclic) bond motifs is 8. The van der Waals surface area contributed by atoms with Crippen LogP contribution < -0.4 is 4.90 Å². The smallest absolute Gasteiger partial charge is 0.0549 e. The molecule has 9 rings (SSSR count). The Kier molecular flexibility index (Phi) is 5.96. The minimum Gasteiger partial charge on any atom is -0.310 e. The molecule has 0 unspecified atom stereocenters. The molecule has 0 radical (unpaired) electrons. The summed E-state index contributed by atoms with van der Waals surface area (Å²) in [6, 6.07) is 56.2. The van der Waals surface area contributed by atoms with Crippen molar-refractivity contribution in [1.82, 2.24) is 0 Å². The van der Waals surface area contributed by atoms with E-state index < -0.39 is 0 Å². The van der Waals surface area contributed by atoms with Crippen molar-refractivity contribution in [2.75, 3.05) is 4.90 Å². The fraction of sp³-hybridized carbons (Fsp3) is 0.130. The van der Waals surface area contributed by atoms with Gasteiger partial charge in [-0.05, 0) is 97.2 Å². The Hall–Kier alpha value is -5.40. The highest BCUT2D eigenvalue weighted by molar-refractivity contribution is 6.06. The fourth-order valence-electron chi connectivity index (χ4n) is 8.49. The van der Waals surface area contributed by atoms with Crippen molar-refractivity contribution in [3.05, 3.63) is 174 Å².